The zero-order valence-corrected chi connectivity index (χ0v) is 16.6. The molecule has 0 atom stereocenters. The SMILES string of the molecule is Oc1ccc(-c2ccc(-c3c(Cc4ccccn4)sc4ccccc34)cc2)cc1. The van der Waals surface area contributed by atoms with Crippen molar-refractivity contribution in [3.8, 4) is 28.0 Å². The molecule has 0 spiro atoms. The van der Waals surface area contributed by atoms with Gasteiger partial charge in [0.1, 0.15) is 5.75 Å². The van der Waals surface area contributed by atoms with Crippen LogP contribution >= 0.6 is 11.3 Å². The zero-order chi connectivity index (χ0) is 19.6. The van der Waals surface area contributed by atoms with Crippen LogP contribution in [0, 0.1) is 0 Å². The molecule has 0 fully saturated rings. The average molecular weight is 394 g/mol. The number of pyridine rings is 1. The molecular formula is C26H19NOS. The second kappa shape index (κ2) is 7.53. The molecule has 0 aliphatic heterocycles. The molecule has 3 heteroatoms. The zero-order valence-electron chi connectivity index (χ0n) is 15.7. The van der Waals surface area contributed by atoms with Crippen LogP contribution in [0.1, 0.15) is 10.6 Å². The summed E-state index contributed by atoms with van der Waals surface area (Å²) in [6.45, 7) is 0. The topological polar surface area (TPSA) is 33.1 Å². The lowest BCUT2D eigenvalue weighted by Crippen LogP contribution is -1.91. The molecule has 0 aliphatic carbocycles. The fourth-order valence-electron chi connectivity index (χ4n) is 3.69. The van der Waals surface area contributed by atoms with Gasteiger partial charge in [0.05, 0.1) is 0 Å². The summed E-state index contributed by atoms with van der Waals surface area (Å²) in [6.07, 6.45) is 2.68. The minimum atomic E-state index is 0.286. The first-order chi connectivity index (χ1) is 14.3. The minimum absolute atomic E-state index is 0.286. The van der Waals surface area contributed by atoms with Gasteiger partial charge in [0.2, 0.25) is 0 Å². The number of thiophene rings is 1. The Kier molecular flexibility index (Phi) is 4.59. The van der Waals surface area contributed by atoms with Gasteiger partial charge in [-0.05, 0) is 47.0 Å². The van der Waals surface area contributed by atoms with Crippen LogP contribution in [0.4, 0.5) is 0 Å². The molecule has 0 unspecified atom stereocenters. The lowest BCUT2D eigenvalue weighted by molar-refractivity contribution is 0.475. The number of phenolic OH excluding ortho intramolecular Hbond substituents is 1. The first kappa shape index (κ1) is 17.7. The lowest BCUT2D eigenvalue weighted by atomic mass is 9.97. The van der Waals surface area contributed by atoms with Crippen LogP contribution in [0.15, 0.2) is 97.2 Å². The molecule has 2 nitrogen and oxygen atoms in total. The molecule has 29 heavy (non-hydrogen) atoms. The van der Waals surface area contributed by atoms with E-state index in [9.17, 15) is 5.11 Å². The third-order valence-electron chi connectivity index (χ3n) is 5.11. The molecule has 0 aliphatic rings. The number of aromatic hydroxyl groups is 1. The maximum atomic E-state index is 9.52. The maximum absolute atomic E-state index is 9.52. The predicted octanol–water partition coefficient (Wildman–Crippen LogP) is 6.93. The van der Waals surface area contributed by atoms with Gasteiger partial charge in [0, 0.05) is 38.8 Å². The summed E-state index contributed by atoms with van der Waals surface area (Å²) < 4.78 is 1.30. The van der Waals surface area contributed by atoms with Crippen LogP contribution in [0.25, 0.3) is 32.3 Å². The highest BCUT2D eigenvalue weighted by Crippen LogP contribution is 2.40. The maximum Gasteiger partial charge on any atom is 0.115 e. The van der Waals surface area contributed by atoms with Crippen molar-refractivity contribution < 1.29 is 5.11 Å². The highest BCUT2D eigenvalue weighted by Gasteiger charge is 2.15. The molecule has 3 aromatic carbocycles. The van der Waals surface area contributed by atoms with Crippen molar-refractivity contribution in [2.75, 3.05) is 0 Å². The van der Waals surface area contributed by atoms with E-state index in [4.69, 9.17) is 0 Å². The summed E-state index contributed by atoms with van der Waals surface area (Å²) in [6, 6.07) is 30.7. The van der Waals surface area contributed by atoms with Gasteiger partial charge in [0.25, 0.3) is 0 Å². The standard InChI is InChI=1S/C26H19NOS/c28-22-14-12-19(13-15-22)18-8-10-20(11-9-18)26-23-6-1-2-7-24(23)29-25(26)17-21-5-3-4-16-27-21/h1-16,28H,17H2. The minimum Gasteiger partial charge on any atom is -0.508 e. The number of fused-ring (bicyclic) bond motifs is 1. The largest absolute Gasteiger partial charge is 0.508 e. The molecule has 5 aromatic rings. The van der Waals surface area contributed by atoms with E-state index >= 15 is 0 Å². The smallest absolute Gasteiger partial charge is 0.115 e. The van der Waals surface area contributed by atoms with E-state index in [1.807, 2.05) is 41.8 Å². The van der Waals surface area contributed by atoms with E-state index in [0.29, 0.717) is 0 Å². The van der Waals surface area contributed by atoms with E-state index in [1.165, 1.54) is 26.1 Å². The van der Waals surface area contributed by atoms with Crippen molar-refractivity contribution in [3.63, 3.8) is 0 Å². The van der Waals surface area contributed by atoms with Crippen molar-refractivity contribution in [2.45, 2.75) is 6.42 Å². The second-order valence-corrected chi connectivity index (χ2v) is 8.16. The molecule has 0 amide bonds. The van der Waals surface area contributed by atoms with Crippen molar-refractivity contribution in [1.82, 2.24) is 4.98 Å². The van der Waals surface area contributed by atoms with Crippen LogP contribution < -0.4 is 0 Å². The molecule has 2 aromatic heterocycles. The highest BCUT2D eigenvalue weighted by atomic mass is 32.1. The Labute approximate surface area is 173 Å². The van der Waals surface area contributed by atoms with Gasteiger partial charge < -0.3 is 5.11 Å². The quantitative estimate of drug-likeness (QED) is 0.359. The van der Waals surface area contributed by atoms with Crippen molar-refractivity contribution >= 4 is 21.4 Å². The summed E-state index contributed by atoms with van der Waals surface area (Å²) in [5, 5.41) is 10.8. The molecule has 0 saturated carbocycles. The third kappa shape index (κ3) is 3.53. The Morgan fingerprint density at radius 2 is 1.34 bits per heavy atom. The van der Waals surface area contributed by atoms with Crippen molar-refractivity contribution in [3.05, 3.63) is 108 Å². The average Bonchev–Trinajstić information content (AvgIpc) is 3.13. The monoisotopic (exact) mass is 393 g/mol. The lowest BCUT2D eigenvalue weighted by Gasteiger charge is -2.08. The fourth-order valence-corrected chi connectivity index (χ4v) is 4.93. The second-order valence-electron chi connectivity index (χ2n) is 7.02. The summed E-state index contributed by atoms with van der Waals surface area (Å²) >= 11 is 1.85. The summed E-state index contributed by atoms with van der Waals surface area (Å²) in [5.41, 5.74) is 5.84. The van der Waals surface area contributed by atoms with Crippen LogP contribution in [-0.2, 0) is 6.42 Å². The highest BCUT2D eigenvalue weighted by molar-refractivity contribution is 7.19. The molecule has 1 N–H and O–H groups in total. The fraction of sp³-hybridized carbons (Fsp3) is 0.0385. The normalized spacial score (nSPS) is 11.0. The molecule has 5 rings (SSSR count). The Hall–Kier alpha value is -3.43. The van der Waals surface area contributed by atoms with Crippen LogP contribution in [0.3, 0.4) is 0 Å². The number of benzene rings is 3. The van der Waals surface area contributed by atoms with Crippen molar-refractivity contribution in [1.29, 1.82) is 0 Å². The number of hydrogen-bond donors (Lipinski definition) is 1. The van der Waals surface area contributed by atoms with E-state index < -0.39 is 0 Å². The summed E-state index contributed by atoms with van der Waals surface area (Å²) in [4.78, 5) is 5.86. The van der Waals surface area contributed by atoms with E-state index in [1.54, 1.807) is 12.1 Å². The van der Waals surface area contributed by atoms with Gasteiger partial charge in [-0.2, -0.15) is 0 Å². The number of phenols is 1. The number of aromatic nitrogens is 1. The van der Waals surface area contributed by atoms with Gasteiger partial charge in [0.15, 0.2) is 0 Å². The van der Waals surface area contributed by atoms with Gasteiger partial charge in [-0.15, -0.1) is 11.3 Å². The Morgan fingerprint density at radius 3 is 2.07 bits per heavy atom. The van der Waals surface area contributed by atoms with Crippen LogP contribution in [0.5, 0.6) is 5.75 Å². The van der Waals surface area contributed by atoms with Crippen LogP contribution in [-0.4, -0.2) is 10.1 Å². The summed E-state index contributed by atoms with van der Waals surface area (Å²) in [5.74, 6) is 0.286. The number of nitrogens with zero attached hydrogens (tertiary/aromatic N) is 1. The van der Waals surface area contributed by atoms with Gasteiger partial charge in [-0.1, -0.05) is 60.7 Å². The molecule has 0 radical (unpaired) electrons. The Bertz CT molecular complexity index is 1260. The molecule has 0 bridgehead atoms. The number of hydrogen-bond acceptors (Lipinski definition) is 3. The van der Waals surface area contributed by atoms with E-state index in [2.05, 4.69) is 59.6 Å². The van der Waals surface area contributed by atoms with Crippen molar-refractivity contribution in [2.24, 2.45) is 0 Å². The van der Waals surface area contributed by atoms with Gasteiger partial charge in [-0.25, -0.2) is 0 Å². The first-order valence-corrected chi connectivity index (χ1v) is 10.4. The number of rotatable bonds is 4. The molecular weight excluding hydrogens is 374 g/mol. The first-order valence-electron chi connectivity index (χ1n) is 9.58. The van der Waals surface area contributed by atoms with Gasteiger partial charge in [-0.3, -0.25) is 4.98 Å². The predicted molar refractivity (Wildman–Crippen MR) is 121 cm³/mol. The van der Waals surface area contributed by atoms with E-state index in [0.717, 1.165) is 23.2 Å². The molecule has 0 saturated heterocycles. The molecule has 140 valence electrons. The summed E-state index contributed by atoms with van der Waals surface area (Å²) in [7, 11) is 0. The Morgan fingerprint density at radius 1 is 0.690 bits per heavy atom. The Balaban J connectivity index is 1.58. The van der Waals surface area contributed by atoms with Gasteiger partial charge >= 0.3 is 0 Å². The van der Waals surface area contributed by atoms with E-state index in [-0.39, 0.29) is 5.75 Å². The third-order valence-corrected chi connectivity index (χ3v) is 6.28. The van der Waals surface area contributed by atoms with Crippen LogP contribution in [0.2, 0.25) is 0 Å². The molecule has 2 heterocycles.